The van der Waals surface area contributed by atoms with Crippen LogP contribution in [0.1, 0.15) is 31.2 Å². The predicted molar refractivity (Wildman–Crippen MR) is 116 cm³/mol. The fraction of sp³-hybridized carbons (Fsp3) is 0.400. The van der Waals surface area contributed by atoms with Crippen LogP contribution in [0.2, 0.25) is 0 Å². The van der Waals surface area contributed by atoms with Gasteiger partial charge in [0.05, 0.1) is 23.6 Å². The Labute approximate surface area is 177 Å². The summed E-state index contributed by atoms with van der Waals surface area (Å²) in [6, 6.07) is 12.7. The van der Waals surface area contributed by atoms with Crippen molar-refractivity contribution in [2.24, 2.45) is 0 Å². The van der Waals surface area contributed by atoms with Crippen LogP contribution in [0, 0.1) is 0 Å². The summed E-state index contributed by atoms with van der Waals surface area (Å²) in [5.41, 5.74) is 1.23. The van der Waals surface area contributed by atoms with Gasteiger partial charge in [0.2, 0.25) is 10.0 Å². The van der Waals surface area contributed by atoms with Crippen molar-refractivity contribution >= 4 is 26.5 Å². The smallest absolute Gasteiger partial charge is 0.209 e. The molecule has 8 nitrogen and oxygen atoms in total. The first kappa shape index (κ1) is 20.1. The number of ether oxygens (including phenoxy) is 1. The molecule has 2 aromatic rings. The molecule has 1 atom stereocenters. The number of nitrogens with zero attached hydrogens (tertiary/aromatic N) is 1. The van der Waals surface area contributed by atoms with Gasteiger partial charge in [-0.2, -0.15) is 4.72 Å². The third-order valence-electron chi connectivity index (χ3n) is 5.87. The zero-order valence-corrected chi connectivity index (χ0v) is 18.2. The largest absolute Gasteiger partial charge is 0.457 e. The lowest BCUT2D eigenvalue weighted by atomic mass is 10.1. The van der Waals surface area contributed by atoms with Gasteiger partial charge >= 0.3 is 0 Å². The van der Waals surface area contributed by atoms with Crippen molar-refractivity contribution in [2.45, 2.75) is 42.3 Å². The molecule has 5 rings (SSSR count). The molecule has 2 fully saturated rings. The average molecular weight is 452 g/mol. The van der Waals surface area contributed by atoms with Crippen molar-refractivity contribution in [3.63, 3.8) is 0 Å². The van der Waals surface area contributed by atoms with E-state index in [1.54, 1.807) is 18.2 Å². The maximum Gasteiger partial charge on any atom is 0.209 e. The predicted octanol–water partition coefficient (Wildman–Crippen LogP) is 3.57. The number of sulfonamides is 1. The van der Waals surface area contributed by atoms with E-state index in [9.17, 15) is 17.5 Å². The second-order valence-electron chi connectivity index (χ2n) is 8.23. The topological polar surface area (TPSA) is 111 Å². The van der Waals surface area contributed by atoms with Crippen LogP contribution in [0.4, 0.5) is 5.69 Å². The van der Waals surface area contributed by atoms with Crippen LogP contribution in [0.15, 0.2) is 47.4 Å². The van der Waals surface area contributed by atoms with E-state index in [0.717, 1.165) is 43.5 Å². The van der Waals surface area contributed by atoms with E-state index in [2.05, 4.69) is 14.3 Å². The van der Waals surface area contributed by atoms with Gasteiger partial charge in [-0.15, -0.1) is 10.8 Å². The Hall–Kier alpha value is -1.82. The third-order valence-corrected chi connectivity index (χ3v) is 8.18. The number of anilines is 1. The fourth-order valence-electron chi connectivity index (χ4n) is 4.36. The highest BCUT2D eigenvalue weighted by atomic mass is 32.3. The van der Waals surface area contributed by atoms with Crippen LogP contribution in [0.25, 0.3) is 0 Å². The molecule has 1 saturated heterocycles. The molecule has 0 radical (unpaired) electrons. The number of hydrogen-bond donors (Lipinski definition) is 4. The van der Waals surface area contributed by atoms with E-state index >= 15 is 0 Å². The van der Waals surface area contributed by atoms with Gasteiger partial charge in [-0.1, -0.05) is 12.1 Å². The first-order valence-electron chi connectivity index (χ1n) is 9.89. The van der Waals surface area contributed by atoms with E-state index in [4.69, 9.17) is 4.74 Å². The molecule has 0 amide bonds. The minimum atomic E-state index is -3.29. The molecule has 30 heavy (non-hydrogen) atoms. The number of hydrogen-bond acceptors (Lipinski definition) is 7. The molecule has 4 N–H and O–H groups in total. The number of fused-ring (bicyclic) bond motifs is 3. The molecule has 1 aliphatic carbocycles. The van der Waals surface area contributed by atoms with Crippen molar-refractivity contribution in [2.75, 3.05) is 17.7 Å². The molecule has 0 aromatic heterocycles. The van der Waals surface area contributed by atoms with Crippen LogP contribution < -0.4 is 19.1 Å². The molecule has 162 valence electrons. The van der Waals surface area contributed by atoms with Gasteiger partial charge < -0.3 is 9.64 Å². The van der Waals surface area contributed by atoms with Crippen molar-refractivity contribution in [3.05, 3.63) is 48.0 Å². The van der Waals surface area contributed by atoms with Crippen molar-refractivity contribution < 1.29 is 22.3 Å². The second-order valence-corrected chi connectivity index (χ2v) is 11.8. The first-order chi connectivity index (χ1) is 14.2. The molecule has 0 spiro atoms. The standard InChI is InChI=1S/C20H25N3O5S2/c1-29(24,25)22-20(10-11-20)14-4-6-15(7-5-14)28-16-8-9-17-18(13-16)30(26,27)21-19-3-2-12-23(17)19/h4-9,13,19,21-22,26-27H,2-3,10-12H2,1H3. The molecule has 0 bridgehead atoms. The molecule has 2 aromatic carbocycles. The van der Waals surface area contributed by atoms with Crippen LogP contribution in [-0.4, -0.2) is 36.5 Å². The summed E-state index contributed by atoms with van der Waals surface area (Å²) < 4.78 is 56.0. The van der Waals surface area contributed by atoms with Gasteiger partial charge in [0.15, 0.2) is 0 Å². The van der Waals surface area contributed by atoms with E-state index in [-0.39, 0.29) is 6.17 Å². The Bertz CT molecular complexity index is 1080. The summed E-state index contributed by atoms with van der Waals surface area (Å²) in [6.45, 7) is 0.880. The molecule has 2 aliphatic heterocycles. The van der Waals surface area contributed by atoms with Gasteiger partial charge in [0.25, 0.3) is 0 Å². The van der Waals surface area contributed by atoms with Crippen LogP contribution in [0.5, 0.6) is 11.5 Å². The average Bonchev–Trinajstić information content (AvgIpc) is 3.28. The number of benzene rings is 2. The van der Waals surface area contributed by atoms with Crippen molar-refractivity contribution in [3.8, 4) is 11.5 Å². The van der Waals surface area contributed by atoms with Gasteiger partial charge in [-0.05, 0) is 55.5 Å². The molecule has 1 saturated carbocycles. The quantitative estimate of drug-likeness (QED) is 0.550. The summed E-state index contributed by atoms with van der Waals surface area (Å²) in [4.78, 5) is 2.61. The Morgan fingerprint density at radius 2 is 1.87 bits per heavy atom. The van der Waals surface area contributed by atoms with Gasteiger partial charge in [-0.3, -0.25) is 9.11 Å². The lowest BCUT2D eigenvalue weighted by Gasteiger charge is -2.46. The molecule has 10 heteroatoms. The summed E-state index contributed by atoms with van der Waals surface area (Å²) in [5.74, 6) is 1.10. The monoisotopic (exact) mass is 451 g/mol. The normalized spacial score (nSPS) is 24.6. The molecule has 1 unspecified atom stereocenters. The van der Waals surface area contributed by atoms with Gasteiger partial charge in [0, 0.05) is 12.6 Å². The highest BCUT2D eigenvalue weighted by molar-refractivity contribution is 8.22. The molecular weight excluding hydrogens is 426 g/mol. The van der Waals surface area contributed by atoms with Gasteiger partial charge in [-0.25, -0.2) is 13.1 Å². The van der Waals surface area contributed by atoms with E-state index in [0.29, 0.717) is 16.4 Å². The Morgan fingerprint density at radius 3 is 2.53 bits per heavy atom. The summed E-state index contributed by atoms with van der Waals surface area (Å²) >= 11 is 0. The maximum absolute atomic E-state index is 11.6. The zero-order valence-electron chi connectivity index (χ0n) is 16.5. The minimum absolute atomic E-state index is 0.0443. The maximum atomic E-state index is 11.6. The van der Waals surface area contributed by atoms with Crippen LogP contribution in [0.3, 0.4) is 0 Å². The van der Waals surface area contributed by atoms with E-state index in [1.807, 2.05) is 24.3 Å². The van der Waals surface area contributed by atoms with Crippen LogP contribution >= 0.6 is 10.8 Å². The molecular formula is C20H25N3O5S2. The third kappa shape index (κ3) is 3.68. The van der Waals surface area contributed by atoms with Crippen molar-refractivity contribution in [1.29, 1.82) is 0 Å². The Morgan fingerprint density at radius 1 is 1.17 bits per heavy atom. The molecule has 3 aliphatic rings. The highest BCUT2D eigenvalue weighted by Crippen LogP contribution is 2.55. The second kappa shape index (κ2) is 6.84. The lowest BCUT2D eigenvalue weighted by molar-refractivity contribution is 0.439. The molecule has 2 heterocycles. The van der Waals surface area contributed by atoms with Crippen molar-refractivity contribution in [1.82, 2.24) is 9.44 Å². The SMILES string of the molecule is CS(=O)(=O)NC1(c2ccc(Oc3ccc4c(c3)S(O)(O)NC3CCCN43)cc2)CC1. The zero-order chi connectivity index (χ0) is 21.1. The first-order valence-corrected chi connectivity index (χ1v) is 13.3. The number of nitrogens with one attached hydrogen (secondary N) is 2. The highest BCUT2D eigenvalue weighted by Gasteiger charge is 2.46. The minimum Gasteiger partial charge on any atom is -0.457 e. The van der Waals surface area contributed by atoms with Gasteiger partial charge in [0.1, 0.15) is 16.4 Å². The van der Waals surface area contributed by atoms with E-state index < -0.39 is 26.3 Å². The summed E-state index contributed by atoms with van der Waals surface area (Å²) in [7, 11) is -6.37. The Kier molecular flexibility index (Phi) is 4.58. The van der Waals surface area contributed by atoms with Crippen LogP contribution in [-0.2, 0) is 15.6 Å². The Balaban J connectivity index is 1.37. The summed E-state index contributed by atoms with van der Waals surface area (Å²) in [6.07, 6.45) is 4.56. The fourth-order valence-corrected chi connectivity index (χ4v) is 6.90. The number of rotatable bonds is 5. The lowest BCUT2D eigenvalue weighted by Crippen LogP contribution is -2.46. The summed E-state index contributed by atoms with van der Waals surface area (Å²) in [5, 5.41) is 0. The van der Waals surface area contributed by atoms with E-state index in [1.165, 1.54) is 6.26 Å².